The molecule has 0 spiro atoms. The van der Waals surface area contributed by atoms with E-state index in [0.717, 1.165) is 18.1 Å². The third-order valence-electron chi connectivity index (χ3n) is 2.50. The van der Waals surface area contributed by atoms with Gasteiger partial charge < -0.3 is 19.6 Å². The Morgan fingerprint density at radius 2 is 1.94 bits per heavy atom. The molecule has 0 radical (unpaired) electrons. The average Bonchev–Trinajstić information content (AvgIpc) is 2.69. The van der Waals surface area contributed by atoms with E-state index in [1.807, 2.05) is 26.0 Å². The lowest BCUT2D eigenvalue weighted by atomic mass is 10.1. The summed E-state index contributed by atoms with van der Waals surface area (Å²) in [5.74, 6) is 2.20. The molecule has 0 fully saturated rings. The van der Waals surface area contributed by atoms with Crippen molar-refractivity contribution in [3.63, 3.8) is 0 Å². The summed E-state index contributed by atoms with van der Waals surface area (Å²) in [7, 11) is 0. The normalized spacial score (nSPS) is 15.0. The number of rotatable bonds is 8. The quantitative estimate of drug-likeness (QED) is 0.726. The van der Waals surface area contributed by atoms with Gasteiger partial charge in [-0.15, -0.1) is 0 Å². The number of ether oxygens (including phenoxy) is 2. The van der Waals surface area contributed by atoms with E-state index in [1.165, 1.54) is 0 Å². The Hall–Kier alpha value is -0.840. The van der Waals surface area contributed by atoms with Crippen molar-refractivity contribution < 1.29 is 13.9 Å². The van der Waals surface area contributed by atoms with Crippen LogP contribution in [0.15, 0.2) is 16.5 Å². The highest BCUT2D eigenvalue weighted by Crippen LogP contribution is 2.22. The van der Waals surface area contributed by atoms with Gasteiger partial charge in [-0.05, 0) is 31.9 Å². The predicted molar refractivity (Wildman–Crippen MR) is 71.4 cm³/mol. The Labute approximate surface area is 109 Å². The van der Waals surface area contributed by atoms with Crippen molar-refractivity contribution in [2.24, 2.45) is 11.7 Å². The zero-order valence-electron chi connectivity index (χ0n) is 11.8. The summed E-state index contributed by atoms with van der Waals surface area (Å²) in [5, 5.41) is 0. The molecular weight excluding hydrogens is 230 g/mol. The maximum absolute atomic E-state index is 5.92. The van der Waals surface area contributed by atoms with Gasteiger partial charge in [-0.25, -0.2) is 0 Å². The Morgan fingerprint density at radius 3 is 2.44 bits per heavy atom. The van der Waals surface area contributed by atoms with E-state index in [-0.39, 0.29) is 12.1 Å². The third kappa shape index (κ3) is 5.21. The molecule has 1 aromatic rings. The smallest absolute Gasteiger partial charge is 0.134 e. The molecule has 104 valence electrons. The molecule has 0 saturated heterocycles. The molecule has 2 N–H and O–H groups in total. The third-order valence-corrected chi connectivity index (χ3v) is 2.50. The van der Waals surface area contributed by atoms with Crippen LogP contribution in [0.1, 0.15) is 38.4 Å². The van der Waals surface area contributed by atoms with E-state index >= 15 is 0 Å². The van der Waals surface area contributed by atoms with Crippen LogP contribution < -0.4 is 5.73 Å². The topological polar surface area (TPSA) is 57.6 Å². The Balaban J connectivity index is 2.35. The highest BCUT2D eigenvalue weighted by atomic mass is 16.5. The summed E-state index contributed by atoms with van der Waals surface area (Å²) in [6, 6.07) is 3.72. The van der Waals surface area contributed by atoms with E-state index in [0.29, 0.717) is 19.1 Å². The van der Waals surface area contributed by atoms with E-state index in [1.54, 1.807) is 0 Å². The summed E-state index contributed by atoms with van der Waals surface area (Å²) in [4.78, 5) is 0. The molecule has 18 heavy (non-hydrogen) atoms. The number of nitrogens with two attached hydrogens (primary N) is 1. The first-order chi connectivity index (χ1) is 8.50. The molecule has 0 aliphatic rings. The second-order valence-electron chi connectivity index (χ2n) is 5.07. The van der Waals surface area contributed by atoms with Crippen LogP contribution in [0, 0.1) is 12.8 Å². The van der Waals surface area contributed by atoms with Crippen molar-refractivity contribution in [1.82, 2.24) is 0 Å². The SMILES string of the molecule is Cc1ccc(C(OCCOCC(C)C)C(C)N)o1. The highest BCUT2D eigenvalue weighted by molar-refractivity contribution is 5.09. The number of hydrogen-bond donors (Lipinski definition) is 1. The molecule has 1 aromatic heterocycles. The van der Waals surface area contributed by atoms with Gasteiger partial charge in [0.1, 0.15) is 17.6 Å². The summed E-state index contributed by atoms with van der Waals surface area (Å²) >= 11 is 0. The molecule has 4 nitrogen and oxygen atoms in total. The van der Waals surface area contributed by atoms with Gasteiger partial charge in [0.05, 0.1) is 13.2 Å². The fraction of sp³-hybridized carbons (Fsp3) is 0.714. The molecule has 2 atom stereocenters. The van der Waals surface area contributed by atoms with Gasteiger partial charge in [0, 0.05) is 12.6 Å². The largest absolute Gasteiger partial charge is 0.464 e. The lowest BCUT2D eigenvalue weighted by molar-refractivity contribution is -0.0183. The first kappa shape index (κ1) is 15.2. The summed E-state index contributed by atoms with van der Waals surface area (Å²) in [6.07, 6.45) is -0.207. The second-order valence-corrected chi connectivity index (χ2v) is 5.07. The minimum absolute atomic E-state index is 0.111. The van der Waals surface area contributed by atoms with Crippen molar-refractivity contribution in [3.05, 3.63) is 23.7 Å². The monoisotopic (exact) mass is 255 g/mol. The van der Waals surface area contributed by atoms with Gasteiger partial charge in [0.15, 0.2) is 0 Å². The van der Waals surface area contributed by atoms with Crippen LogP contribution >= 0.6 is 0 Å². The van der Waals surface area contributed by atoms with Gasteiger partial charge in [-0.3, -0.25) is 0 Å². The van der Waals surface area contributed by atoms with Crippen LogP contribution in [-0.4, -0.2) is 25.9 Å². The van der Waals surface area contributed by atoms with Crippen molar-refractivity contribution in [2.75, 3.05) is 19.8 Å². The molecular formula is C14H25NO3. The van der Waals surface area contributed by atoms with Gasteiger partial charge in [0.25, 0.3) is 0 Å². The van der Waals surface area contributed by atoms with E-state index in [9.17, 15) is 0 Å². The molecule has 2 unspecified atom stereocenters. The molecule has 0 saturated carbocycles. The van der Waals surface area contributed by atoms with Gasteiger partial charge in [0.2, 0.25) is 0 Å². The van der Waals surface area contributed by atoms with Crippen LogP contribution in [0.5, 0.6) is 0 Å². The van der Waals surface area contributed by atoms with E-state index < -0.39 is 0 Å². The molecule has 1 heterocycles. The number of hydrogen-bond acceptors (Lipinski definition) is 4. The fourth-order valence-corrected chi connectivity index (χ4v) is 1.65. The Bertz CT molecular complexity index is 334. The van der Waals surface area contributed by atoms with Crippen LogP contribution in [-0.2, 0) is 9.47 Å². The minimum Gasteiger partial charge on any atom is -0.464 e. The molecule has 0 bridgehead atoms. The van der Waals surface area contributed by atoms with E-state index in [2.05, 4.69) is 13.8 Å². The summed E-state index contributed by atoms with van der Waals surface area (Å²) in [6.45, 7) is 9.94. The Morgan fingerprint density at radius 1 is 1.22 bits per heavy atom. The van der Waals surface area contributed by atoms with Crippen molar-refractivity contribution >= 4 is 0 Å². The average molecular weight is 255 g/mol. The standard InChI is InChI=1S/C14H25NO3/c1-10(2)9-16-7-8-17-14(12(4)15)13-6-5-11(3)18-13/h5-6,10,12,14H,7-9,15H2,1-4H3. The first-order valence-corrected chi connectivity index (χ1v) is 6.52. The molecule has 4 heteroatoms. The lowest BCUT2D eigenvalue weighted by Gasteiger charge is -2.19. The maximum Gasteiger partial charge on any atom is 0.134 e. The first-order valence-electron chi connectivity index (χ1n) is 6.52. The zero-order chi connectivity index (χ0) is 13.5. The van der Waals surface area contributed by atoms with Crippen LogP contribution in [0.2, 0.25) is 0 Å². The molecule has 0 aliphatic carbocycles. The van der Waals surface area contributed by atoms with Crippen molar-refractivity contribution in [3.8, 4) is 0 Å². The van der Waals surface area contributed by atoms with Gasteiger partial charge in [-0.1, -0.05) is 13.8 Å². The second kappa shape index (κ2) is 7.56. The molecule has 0 amide bonds. The van der Waals surface area contributed by atoms with Crippen LogP contribution in [0.4, 0.5) is 0 Å². The molecule has 0 aliphatic heterocycles. The van der Waals surface area contributed by atoms with Gasteiger partial charge in [-0.2, -0.15) is 0 Å². The highest BCUT2D eigenvalue weighted by Gasteiger charge is 2.20. The van der Waals surface area contributed by atoms with Crippen molar-refractivity contribution in [2.45, 2.75) is 39.8 Å². The summed E-state index contributed by atoms with van der Waals surface area (Å²) < 4.78 is 16.8. The molecule has 1 rings (SSSR count). The lowest BCUT2D eigenvalue weighted by Crippen LogP contribution is -2.27. The fourth-order valence-electron chi connectivity index (χ4n) is 1.65. The number of aryl methyl sites for hydroxylation is 1. The van der Waals surface area contributed by atoms with Crippen molar-refractivity contribution in [1.29, 1.82) is 0 Å². The molecule has 0 aromatic carbocycles. The Kier molecular flexibility index (Phi) is 6.39. The zero-order valence-corrected chi connectivity index (χ0v) is 11.8. The van der Waals surface area contributed by atoms with E-state index in [4.69, 9.17) is 19.6 Å². The summed E-state index contributed by atoms with van der Waals surface area (Å²) in [5.41, 5.74) is 5.92. The maximum atomic E-state index is 5.92. The van der Waals surface area contributed by atoms with Crippen LogP contribution in [0.25, 0.3) is 0 Å². The number of furan rings is 1. The van der Waals surface area contributed by atoms with Crippen LogP contribution in [0.3, 0.4) is 0 Å². The predicted octanol–water partition coefficient (Wildman–Crippen LogP) is 2.67. The van der Waals surface area contributed by atoms with Gasteiger partial charge >= 0.3 is 0 Å². The minimum atomic E-state index is -0.207.